The summed E-state index contributed by atoms with van der Waals surface area (Å²) in [5.74, 6) is 2.51. The average molecular weight is 482 g/mol. The number of piperazine rings is 1. The number of hydrogen-bond acceptors (Lipinski definition) is 11. The summed E-state index contributed by atoms with van der Waals surface area (Å²) in [5, 5.41) is 8.83. The van der Waals surface area contributed by atoms with E-state index in [9.17, 15) is 4.79 Å². The SMILES string of the molecule is CCSc1nnc(C(=O)N2CCN(c3nc(N)c4cc(OC)c(OC)cc4n3)CC2)o1.Cl. The molecule has 1 aliphatic rings. The van der Waals surface area contributed by atoms with Crippen molar-refractivity contribution in [1.82, 2.24) is 25.1 Å². The smallest absolute Gasteiger partial charge is 0.311 e. The van der Waals surface area contributed by atoms with Gasteiger partial charge in [-0.2, -0.15) is 4.98 Å². The summed E-state index contributed by atoms with van der Waals surface area (Å²) in [4.78, 5) is 25.4. The second kappa shape index (κ2) is 10.1. The van der Waals surface area contributed by atoms with E-state index >= 15 is 0 Å². The third-order valence-electron chi connectivity index (χ3n) is 4.93. The lowest BCUT2D eigenvalue weighted by molar-refractivity contribution is 0.0700. The lowest BCUT2D eigenvalue weighted by Crippen LogP contribution is -2.49. The number of nitrogen functional groups attached to an aromatic ring is 1. The predicted octanol–water partition coefficient (Wildman–Crippen LogP) is 2.11. The first kappa shape index (κ1) is 23.7. The zero-order chi connectivity index (χ0) is 22.0. The highest BCUT2D eigenvalue weighted by Crippen LogP contribution is 2.34. The summed E-state index contributed by atoms with van der Waals surface area (Å²) in [5.41, 5.74) is 6.85. The molecule has 1 amide bonds. The van der Waals surface area contributed by atoms with Crippen LogP contribution in [0, 0.1) is 0 Å². The molecule has 3 aromatic rings. The van der Waals surface area contributed by atoms with Crippen molar-refractivity contribution in [2.24, 2.45) is 0 Å². The minimum atomic E-state index is -0.272. The molecule has 1 fully saturated rings. The van der Waals surface area contributed by atoms with Crippen molar-refractivity contribution in [1.29, 1.82) is 0 Å². The molecule has 0 spiro atoms. The first-order valence-corrected chi connectivity index (χ1v) is 10.7. The second-order valence-electron chi connectivity index (χ2n) is 6.72. The minimum Gasteiger partial charge on any atom is -0.493 e. The van der Waals surface area contributed by atoms with Crippen molar-refractivity contribution in [3.63, 3.8) is 0 Å². The van der Waals surface area contributed by atoms with Gasteiger partial charge in [-0.15, -0.1) is 22.6 Å². The Hall–Kier alpha value is -2.99. The van der Waals surface area contributed by atoms with Gasteiger partial charge >= 0.3 is 11.8 Å². The maximum atomic E-state index is 12.6. The zero-order valence-corrected chi connectivity index (χ0v) is 19.5. The summed E-state index contributed by atoms with van der Waals surface area (Å²) >= 11 is 1.40. The number of fused-ring (bicyclic) bond motifs is 1. The van der Waals surface area contributed by atoms with Crippen molar-refractivity contribution in [3.05, 3.63) is 18.0 Å². The molecule has 11 nitrogen and oxygen atoms in total. The number of anilines is 2. The standard InChI is InChI=1S/C19H23N7O4S.ClH/c1-4-31-19-24-23-16(30-19)17(27)25-5-7-26(8-6-25)18-21-12-10-14(29-3)13(28-2)9-11(12)15(20)22-18;/h9-10H,4-8H2,1-3H3,(H2,20,21,22);1H. The second-order valence-corrected chi connectivity index (χ2v) is 7.93. The minimum absolute atomic E-state index is 0. The number of halogens is 1. The number of rotatable bonds is 6. The summed E-state index contributed by atoms with van der Waals surface area (Å²) < 4.78 is 16.1. The van der Waals surface area contributed by atoms with Gasteiger partial charge in [0.15, 0.2) is 11.5 Å². The molecular formula is C19H24ClN7O4S. The number of hydrogen-bond donors (Lipinski definition) is 1. The van der Waals surface area contributed by atoms with Crippen LogP contribution in [0.2, 0.25) is 0 Å². The van der Waals surface area contributed by atoms with Crippen molar-refractivity contribution in [2.75, 3.05) is 56.8 Å². The molecular weight excluding hydrogens is 458 g/mol. The van der Waals surface area contributed by atoms with Crippen molar-refractivity contribution < 1.29 is 18.7 Å². The third-order valence-corrected chi connectivity index (χ3v) is 5.63. The van der Waals surface area contributed by atoms with Gasteiger partial charge in [0.25, 0.3) is 5.22 Å². The summed E-state index contributed by atoms with van der Waals surface area (Å²) in [7, 11) is 3.13. The van der Waals surface area contributed by atoms with Gasteiger partial charge in [-0.25, -0.2) is 4.98 Å². The van der Waals surface area contributed by atoms with Gasteiger partial charge in [0.2, 0.25) is 5.95 Å². The van der Waals surface area contributed by atoms with Crippen LogP contribution in [0.15, 0.2) is 21.8 Å². The van der Waals surface area contributed by atoms with Gasteiger partial charge in [0.1, 0.15) is 5.82 Å². The van der Waals surface area contributed by atoms with E-state index in [1.165, 1.54) is 11.8 Å². The highest BCUT2D eigenvalue weighted by molar-refractivity contribution is 7.99. The van der Waals surface area contributed by atoms with Crippen molar-refractivity contribution in [2.45, 2.75) is 12.1 Å². The first-order chi connectivity index (χ1) is 15.0. The molecule has 13 heteroatoms. The number of ether oxygens (including phenoxy) is 2. The molecule has 3 heterocycles. The fraction of sp³-hybridized carbons (Fsp3) is 0.421. The van der Waals surface area contributed by atoms with Crippen LogP contribution >= 0.6 is 24.2 Å². The Morgan fingerprint density at radius 3 is 2.47 bits per heavy atom. The maximum Gasteiger partial charge on any atom is 0.311 e. The van der Waals surface area contributed by atoms with Crippen LogP contribution in [0.3, 0.4) is 0 Å². The van der Waals surface area contributed by atoms with Crippen LogP contribution in [-0.4, -0.2) is 77.1 Å². The van der Waals surface area contributed by atoms with E-state index in [2.05, 4.69) is 20.2 Å². The molecule has 1 aliphatic heterocycles. The van der Waals surface area contributed by atoms with Crippen LogP contribution in [0.25, 0.3) is 10.9 Å². The van der Waals surface area contributed by atoms with Crippen molar-refractivity contribution >= 4 is 52.7 Å². The highest BCUT2D eigenvalue weighted by atomic mass is 35.5. The molecule has 0 unspecified atom stereocenters. The zero-order valence-electron chi connectivity index (χ0n) is 17.9. The molecule has 0 bridgehead atoms. The van der Waals surface area contributed by atoms with Crippen LogP contribution in [-0.2, 0) is 0 Å². The number of methoxy groups -OCH3 is 2. The predicted molar refractivity (Wildman–Crippen MR) is 123 cm³/mol. The van der Waals surface area contributed by atoms with Crippen molar-refractivity contribution in [3.8, 4) is 11.5 Å². The van der Waals surface area contributed by atoms with Crippen LogP contribution in [0.1, 0.15) is 17.6 Å². The van der Waals surface area contributed by atoms with Gasteiger partial charge in [0.05, 0.1) is 19.7 Å². The number of carbonyl (C=O) groups excluding carboxylic acids is 1. The van der Waals surface area contributed by atoms with Gasteiger partial charge in [-0.1, -0.05) is 18.7 Å². The van der Waals surface area contributed by atoms with Gasteiger partial charge in [0, 0.05) is 37.6 Å². The Morgan fingerprint density at radius 1 is 1.12 bits per heavy atom. The van der Waals surface area contributed by atoms with Crippen LogP contribution < -0.4 is 20.1 Å². The van der Waals surface area contributed by atoms with E-state index < -0.39 is 0 Å². The third kappa shape index (κ3) is 4.60. The van der Waals surface area contributed by atoms with E-state index in [1.807, 2.05) is 11.8 Å². The summed E-state index contributed by atoms with van der Waals surface area (Å²) in [6.45, 7) is 4.03. The summed E-state index contributed by atoms with van der Waals surface area (Å²) in [6, 6.07) is 3.54. The molecule has 1 aromatic carbocycles. The monoisotopic (exact) mass is 481 g/mol. The quantitative estimate of drug-likeness (QED) is 0.519. The Balaban J connectivity index is 0.00000289. The molecule has 172 valence electrons. The Bertz CT molecular complexity index is 1100. The van der Waals surface area contributed by atoms with Crippen LogP contribution in [0.5, 0.6) is 11.5 Å². The fourth-order valence-corrected chi connectivity index (χ4v) is 3.81. The Morgan fingerprint density at radius 2 is 1.81 bits per heavy atom. The number of nitrogens with two attached hydrogens (primary N) is 1. The topological polar surface area (TPSA) is 133 Å². The van der Waals surface area contributed by atoms with Gasteiger partial charge in [-0.05, 0) is 11.8 Å². The number of carbonyl (C=O) groups is 1. The average Bonchev–Trinajstić information content (AvgIpc) is 3.26. The highest BCUT2D eigenvalue weighted by Gasteiger charge is 2.27. The van der Waals surface area contributed by atoms with Crippen LogP contribution in [0.4, 0.5) is 11.8 Å². The molecule has 4 rings (SSSR count). The molecule has 0 radical (unpaired) electrons. The molecule has 32 heavy (non-hydrogen) atoms. The van der Waals surface area contributed by atoms with Gasteiger partial charge < -0.3 is 29.4 Å². The lowest BCUT2D eigenvalue weighted by atomic mass is 10.2. The lowest BCUT2D eigenvalue weighted by Gasteiger charge is -2.34. The molecule has 1 saturated heterocycles. The normalized spacial score (nSPS) is 13.7. The summed E-state index contributed by atoms with van der Waals surface area (Å²) in [6.07, 6.45) is 0. The van der Waals surface area contributed by atoms with Gasteiger partial charge in [-0.3, -0.25) is 4.79 Å². The molecule has 2 N–H and O–H groups in total. The van der Waals surface area contributed by atoms with E-state index in [0.717, 1.165) is 5.75 Å². The molecule has 0 aliphatic carbocycles. The Labute approximate surface area is 195 Å². The number of benzene rings is 1. The molecule has 0 saturated carbocycles. The number of thioether (sulfide) groups is 1. The molecule has 2 aromatic heterocycles. The van der Waals surface area contributed by atoms with E-state index in [-0.39, 0.29) is 24.2 Å². The maximum absolute atomic E-state index is 12.6. The van der Waals surface area contributed by atoms with E-state index in [1.54, 1.807) is 31.3 Å². The first-order valence-electron chi connectivity index (χ1n) is 9.73. The number of aromatic nitrogens is 4. The Kier molecular flexibility index (Phi) is 7.46. The number of amides is 1. The van der Waals surface area contributed by atoms with E-state index in [4.69, 9.17) is 19.6 Å². The molecule has 0 atom stereocenters. The fourth-order valence-electron chi connectivity index (χ4n) is 3.33. The number of nitrogens with zero attached hydrogens (tertiary/aromatic N) is 6. The van der Waals surface area contributed by atoms with E-state index in [0.29, 0.717) is 65.6 Å². The largest absolute Gasteiger partial charge is 0.493 e.